The van der Waals surface area contributed by atoms with Crippen molar-refractivity contribution in [3.63, 3.8) is 0 Å². The maximum Gasteiger partial charge on any atom is 0.0726 e. The largest absolute Gasteiger partial charge is 0.310 e. The Bertz CT molecular complexity index is 2470. The summed E-state index contributed by atoms with van der Waals surface area (Å²) in [6.45, 7) is 0. The molecule has 0 bridgehead atoms. The van der Waals surface area contributed by atoms with Crippen molar-refractivity contribution in [3.8, 4) is 44.5 Å². The molecule has 50 heavy (non-hydrogen) atoms. The van der Waals surface area contributed by atoms with Crippen LogP contribution in [0.2, 0.25) is 0 Å². The molecule has 8 aromatic rings. The summed E-state index contributed by atoms with van der Waals surface area (Å²) in [6, 6.07) is 73.4. The Morgan fingerprint density at radius 2 is 0.680 bits per heavy atom. The fraction of sp³-hybridized carbons (Fsp3) is 0.0204. The Hall–Kier alpha value is -6.44. The Morgan fingerprint density at radius 1 is 0.260 bits per heavy atom. The van der Waals surface area contributed by atoms with E-state index in [1.54, 1.807) is 0 Å². The smallest absolute Gasteiger partial charge is 0.0726 e. The van der Waals surface area contributed by atoms with Crippen molar-refractivity contribution in [1.29, 1.82) is 0 Å². The molecule has 1 heteroatoms. The van der Waals surface area contributed by atoms with Crippen LogP contribution in [0, 0.1) is 0 Å². The molecule has 2 aliphatic rings. The van der Waals surface area contributed by atoms with Gasteiger partial charge in [0.25, 0.3) is 0 Å². The molecular formula is C49H33N. The molecule has 0 aromatic heterocycles. The van der Waals surface area contributed by atoms with E-state index in [-0.39, 0.29) is 0 Å². The van der Waals surface area contributed by atoms with Gasteiger partial charge in [0.1, 0.15) is 0 Å². The minimum Gasteiger partial charge on any atom is -0.310 e. The monoisotopic (exact) mass is 635 g/mol. The zero-order valence-electron chi connectivity index (χ0n) is 27.5. The van der Waals surface area contributed by atoms with Crippen LogP contribution in [0.3, 0.4) is 0 Å². The lowest BCUT2D eigenvalue weighted by Crippen LogP contribution is -2.26. The van der Waals surface area contributed by atoms with Gasteiger partial charge in [0.05, 0.1) is 5.41 Å². The quantitative estimate of drug-likeness (QED) is 0.182. The van der Waals surface area contributed by atoms with Crippen molar-refractivity contribution in [3.05, 3.63) is 222 Å². The second-order valence-corrected chi connectivity index (χ2v) is 13.3. The van der Waals surface area contributed by atoms with Gasteiger partial charge in [-0.25, -0.2) is 0 Å². The van der Waals surface area contributed by atoms with E-state index >= 15 is 0 Å². The van der Waals surface area contributed by atoms with Crippen LogP contribution >= 0.6 is 0 Å². The van der Waals surface area contributed by atoms with Gasteiger partial charge in [-0.1, -0.05) is 164 Å². The summed E-state index contributed by atoms with van der Waals surface area (Å²) < 4.78 is 0. The maximum absolute atomic E-state index is 2.47. The van der Waals surface area contributed by atoms with E-state index in [9.17, 15) is 0 Å². The van der Waals surface area contributed by atoms with Crippen LogP contribution < -0.4 is 4.90 Å². The molecular weight excluding hydrogens is 603 g/mol. The van der Waals surface area contributed by atoms with Gasteiger partial charge in [0, 0.05) is 17.1 Å². The number of fused-ring (bicyclic) bond motifs is 10. The molecule has 0 atom stereocenters. The van der Waals surface area contributed by atoms with Crippen LogP contribution in [0.15, 0.2) is 200 Å². The highest BCUT2D eigenvalue weighted by molar-refractivity contribution is 5.96. The van der Waals surface area contributed by atoms with Gasteiger partial charge in [0.2, 0.25) is 0 Å². The van der Waals surface area contributed by atoms with Gasteiger partial charge in [-0.2, -0.15) is 0 Å². The molecule has 0 amide bonds. The minimum absolute atomic E-state index is 0.399. The predicted octanol–water partition coefficient (Wildman–Crippen LogP) is 12.8. The molecule has 0 fully saturated rings. The van der Waals surface area contributed by atoms with Crippen LogP contribution in [0.4, 0.5) is 17.1 Å². The van der Waals surface area contributed by atoms with Crippen LogP contribution in [-0.4, -0.2) is 0 Å². The summed E-state index contributed by atoms with van der Waals surface area (Å²) in [4.78, 5) is 2.42. The molecule has 0 saturated carbocycles. The molecule has 234 valence electrons. The predicted molar refractivity (Wildman–Crippen MR) is 208 cm³/mol. The molecule has 0 unspecified atom stereocenters. The fourth-order valence-electron chi connectivity index (χ4n) is 8.56. The lowest BCUT2D eigenvalue weighted by atomic mass is 9.70. The first kappa shape index (κ1) is 28.6. The molecule has 2 aliphatic carbocycles. The molecule has 0 saturated heterocycles. The minimum atomic E-state index is -0.399. The first-order chi connectivity index (χ1) is 24.8. The molecule has 1 nitrogen and oxygen atoms in total. The zero-order chi connectivity index (χ0) is 33.1. The first-order valence-electron chi connectivity index (χ1n) is 17.4. The third kappa shape index (κ3) is 4.20. The Labute approximate surface area is 293 Å². The molecule has 8 aromatic carbocycles. The fourth-order valence-corrected chi connectivity index (χ4v) is 8.56. The first-order valence-corrected chi connectivity index (χ1v) is 17.4. The van der Waals surface area contributed by atoms with E-state index in [0.29, 0.717) is 0 Å². The number of hydrogen-bond acceptors (Lipinski definition) is 1. The van der Waals surface area contributed by atoms with Crippen molar-refractivity contribution < 1.29 is 0 Å². The summed E-state index contributed by atoms with van der Waals surface area (Å²) in [5, 5.41) is 0. The second-order valence-electron chi connectivity index (χ2n) is 13.3. The third-order valence-corrected chi connectivity index (χ3v) is 10.7. The topological polar surface area (TPSA) is 3.24 Å². The number of benzene rings is 8. The van der Waals surface area contributed by atoms with Crippen molar-refractivity contribution in [2.75, 3.05) is 4.90 Å². The van der Waals surface area contributed by atoms with Gasteiger partial charge in [-0.3, -0.25) is 0 Å². The lowest BCUT2D eigenvalue weighted by molar-refractivity contribution is 0.793. The Kier molecular flexibility index (Phi) is 6.47. The van der Waals surface area contributed by atoms with E-state index in [2.05, 4.69) is 205 Å². The zero-order valence-corrected chi connectivity index (χ0v) is 27.5. The van der Waals surface area contributed by atoms with E-state index in [4.69, 9.17) is 0 Å². The van der Waals surface area contributed by atoms with Gasteiger partial charge < -0.3 is 4.90 Å². The van der Waals surface area contributed by atoms with Gasteiger partial charge >= 0.3 is 0 Å². The number of nitrogens with zero attached hydrogens (tertiary/aromatic N) is 1. The summed E-state index contributed by atoms with van der Waals surface area (Å²) in [5.41, 5.74) is 18.4. The standard InChI is InChI=1S/C49H33N/c1-3-14-34(15-4-1)36-26-28-38(29-27-36)50(39-19-13-18-37(32-39)35-16-5-2-6-17-35)40-30-31-44-43-22-9-12-25-47(43)49(48(44)33-40)45-23-10-7-20-41(45)42-21-8-11-24-46(42)49/h1-33H. The molecule has 0 N–H and O–H groups in total. The van der Waals surface area contributed by atoms with Crippen molar-refractivity contribution in [2.45, 2.75) is 5.41 Å². The average Bonchev–Trinajstić information content (AvgIpc) is 3.66. The maximum atomic E-state index is 2.47. The second kappa shape index (κ2) is 11.3. The van der Waals surface area contributed by atoms with E-state index in [1.807, 2.05) is 0 Å². The van der Waals surface area contributed by atoms with Gasteiger partial charge in [-0.05, 0) is 103 Å². The van der Waals surface area contributed by atoms with Crippen molar-refractivity contribution in [1.82, 2.24) is 0 Å². The summed E-state index contributed by atoms with van der Waals surface area (Å²) in [5.74, 6) is 0. The highest BCUT2D eigenvalue weighted by Gasteiger charge is 2.51. The van der Waals surface area contributed by atoms with E-state index in [0.717, 1.165) is 17.1 Å². The summed E-state index contributed by atoms with van der Waals surface area (Å²) >= 11 is 0. The SMILES string of the molecule is c1ccc(-c2ccc(N(c3cccc(-c4ccccc4)c3)c3ccc4c(c3)C3(c5ccccc5-c5ccccc53)c3ccccc3-4)cc2)cc1. The highest BCUT2D eigenvalue weighted by atomic mass is 15.1. The molecule has 0 heterocycles. The van der Waals surface area contributed by atoms with E-state index < -0.39 is 5.41 Å². The van der Waals surface area contributed by atoms with Crippen molar-refractivity contribution >= 4 is 17.1 Å². The van der Waals surface area contributed by atoms with Crippen LogP contribution in [0.5, 0.6) is 0 Å². The number of rotatable bonds is 5. The number of hydrogen-bond donors (Lipinski definition) is 0. The summed E-state index contributed by atoms with van der Waals surface area (Å²) in [7, 11) is 0. The van der Waals surface area contributed by atoms with Gasteiger partial charge in [-0.15, -0.1) is 0 Å². The van der Waals surface area contributed by atoms with Crippen molar-refractivity contribution in [2.24, 2.45) is 0 Å². The normalized spacial score (nSPS) is 13.0. The third-order valence-electron chi connectivity index (χ3n) is 10.7. The lowest BCUT2D eigenvalue weighted by Gasteiger charge is -2.32. The van der Waals surface area contributed by atoms with Crippen LogP contribution in [0.25, 0.3) is 44.5 Å². The molecule has 10 rings (SSSR count). The van der Waals surface area contributed by atoms with Crippen LogP contribution in [-0.2, 0) is 5.41 Å². The summed E-state index contributed by atoms with van der Waals surface area (Å²) in [6.07, 6.45) is 0. The number of anilines is 3. The Balaban J connectivity index is 1.21. The highest BCUT2D eigenvalue weighted by Crippen LogP contribution is 2.63. The molecule has 0 radical (unpaired) electrons. The average molecular weight is 636 g/mol. The Morgan fingerprint density at radius 3 is 1.26 bits per heavy atom. The van der Waals surface area contributed by atoms with Gasteiger partial charge in [0.15, 0.2) is 0 Å². The van der Waals surface area contributed by atoms with E-state index in [1.165, 1.54) is 66.8 Å². The molecule has 0 aliphatic heterocycles. The molecule has 1 spiro atoms. The van der Waals surface area contributed by atoms with Crippen LogP contribution in [0.1, 0.15) is 22.3 Å².